The molecule has 1 aromatic carbocycles. The normalized spacial score (nSPS) is 18.9. The zero-order valence-corrected chi connectivity index (χ0v) is 10.7. The maximum Gasteiger partial charge on any atom is 0.158 e. The van der Waals surface area contributed by atoms with Gasteiger partial charge >= 0.3 is 0 Å². The van der Waals surface area contributed by atoms with E-state index in [1.54, 1.807) is 6.07 Å². The number of halogens is 2. The standard InChI is InChI=1S/C12H14BrFO2/c1-8(6-12-15-4-5-16-12)10-3-2-9(13)7-11(10)14/h2-3,7-8,12H,4-6H2,1H3. The first-order valence-electron chi connectivity index (χ1n) is 5.35. The van der Waals surface area contributed by atoms with E-state index in [1.807, 2.05) is 13.0 Å². The van der Waals surface area contributed by atoms with Crippen molar-refractivity contribution in [3.05, 3.63) is 34.1 Å². The molecule has 1 unspecified atom stereocenters. The summed E-state index contributed by atoms with van der Waals surface area (Å²) in [6.07, 6.45) is 0.511. The maximum atomic E-state index is 13.7. The van der Waals surface area contributed by atoms with Gasteiger partial charge in [-0.15, -0.1) is 0 Å². The highest BCUT2D eigenvalue weighted by Crippen LogP contribution is 2.27. The summed E-state index contributed by atoms with van der Waals surface area (Å²) in [6, 6.07) is 5.15. The van der Waals surface area contributed by atoms with Crippen LogP contribution in [0.2, 0.25) is 0 Å². The van der Waals surface area contributed by atoms with Crippen LogP contribution in [-0.4, -0.2) is 19.5 Å². The third-order valence-electron chi connectivity index (χ3n) is 2.73. The highest BCUT2D eigenvalue weighted by molar-refractivity contribution is 9.10. The van der Waals surface area contributed by atoms with Gasteiger partial charge in [-0.3, -0.25) is 0 Å². The number of hydrogen-bond acceptors (Lipinski definition) is 2. The van der Waals surface area contributed by atoms with E-state index in [2.05, 4.69) is 15.9 Å². The lowest BCUT2D eigenvalue weighted by atomic mass is 9.97. The minimum atomic E-state index is -0.182. The van der Waals surface area contributed by atoms with E-state index in [1.165, 1.54) is 6.07 Å². The lowest BCUT2D eigenvalue weighted by Gasteiger charge is -2.16. The molecule has 0 radical (unpaired) electrons. The summed E-state index contributed by atoms with van der Waals surface area (Å²) in [4.78, 5) is 0. The van der Waals surface area contributed by atoms with Crippen LogP contribution in [0.5, 0.6) is 0 Å². The fraction of sp³-hybridized carbons (Fsp3) is 0.500. The van der Waals surface area contributed by atoms with E-state index < -0.39 is 0 Å². The van der Waals surface area contributed by atoms with Gasteiger partial charge in [-0.2, -0.15) is 0 Å². The molecular weight excluding hydrogens is 275 g/mol. The van der Waals surface area contributed by atoms with Crippen molar-refractivity contribution in [2.45, 2.75) is 25.6 Å². The third-order valence-corrected chi connectivity index (χ3v) is 3.22. The average molecular weight is 289 g/mol. The first-order valence-corrected chi connectivity index (χ1v) is 6.14. The van der Waals surface area contributed by atoms with Crippen molar-refractivity contribution in [3.63, 3.8) is 0 Å². The quantitative estimate of drug-likeness (QED) is 0.848. The summed E-state index contributed by atoms with van der Waals surface area (Å²) in [6.45, 7) is 3.26. The van der Waals surface area contributed by atoms with E-state index >= 15 is 0 Å². The molecule has 1 fully saturated rings. The molecular formula is C12H14BrFO2. The highest BCUT2D eigenvalue weighted by atomic mass is 79.9. The van der Waals surface area contributed by atoms with E-state index in [0.29, 0.717) is 25.2 Å². The molecule has 0 bridgehead atoms. The number of ether oxygens (including phenoxy) is 2. The lowest BCUT2D eigenvalue weighted by Crippen LogP contribution is -2.12. The topological polar surface area (TPSA) is 18.5 Å². The van der Waals surface area contributed by atoms with Gasteiger partial charge in [0.05, 0.1) is 13.2 Å². The van der Waals surface area contributed by atoms with Gasteiger partial charge in [0.25, 0.3) is 0 Å². The molecule has 1 aliphatic rings. The van der Waals surface area contributed by atoms with Crippen molar-refractivity contribution < 1.29 is 13.9 Å². The van der Waals surface area contributed by atoms with E-state index in [-0.39, 0.29) is 18.0 Å². The predicted molar refractivity (Wildman–Crippen MR) is 62.8 cm³/mol. The molecule has 88 valence electrons. The van der Waals surface area contributed by atoms with Gasteiger partial charge in [-0.05, 0) is 23.6 Å². The summed E-state index contributed by atoms with van der Waals surface area (Å²) >= 11 is 3.24. The lowest BCUT2D eigenvalue weighted by molar-refractivity contribution is -0.0502. The molecule has 4 heteroatoms. The molecule has 0 amide bonds. The van der Waals surface area contributed by atoms with Crippen molar-refractivity contribution in [1.82, 2.24) is 0 Å². The van der Waals surface area contributed by atoms with Gasteiger partial charge in [-0.1, -0.05) is 28.9 Å². The molecule has 0 N–H and O–H groups in total. The van der Waals surface area contributed by atoms with Crippen LogP contribution < -0.4 is 0 Å². The van der Waals surface area contributed by atoms with Crippen molar-refractivity contribution in [2.24, 2.45) is 0 Å². The Hall–Kier alpha value is -0.450. The van der Waals surface area contributed by atoms with E-state index in [0.717, 1.165) is 4.47 Å². The van der Waals surface area contributed by atoms with Gasteiger partial charge in [0.15, 0.2) is 6.29 Å². The van der Waals surface area contributed by atoms with Gasteiger partial charge in [0.1, 0.15) is 5.82 Å². The first kappa shape index (κ1) is 12.0. The zero-order valence-electron chi connectivity index (χ0n) is 9.08. The summed E-state index contributed by atoms with van der Waals surface area (Å²) in [7, 11) is 0. The average Bonchev–Trinajstić information content (AvgIpc) is 2.70. The molecule has 1 aromatic rings. The second-order valence-electron chi connectivity index (χ2n) is 3.97. The molecule has 1 aliphatic heterocycles. The van der Waals surface area contributed by atoms with Crippen LogP contribution in [0.1, 0.15) is 24.8 Å². The Bertz CT molecular complexity index is 364. The van der Waals surface area contributed by atoms with Crippen LogP contribution in [0.3, 0.4) is 0 Å². The van der Waals surface area contributed by atoms with Crippen LogP contribution in [-0.2, 0) is 9.47 Å². The molecule has 0 spiro atoms. The Kier molecular flexibility index (Phi) is 3.95. The van der Waals surface area contributed by atoms with Crippen LogP contribution in [0.25, 0.3) is 0 Å². The number of benzene rings is 1. The molecule has 16 heavy (non-hydrogen) atoms. The second-order valence-corrected chi connectivity index (χ2v) is 4.89. The fourth-order valence-corrected chi connectivity index (χ4v) is 2.19. The number of hydrogen-bond donors (Lipinski definition) is 0. The maximum absolute atomic E-state index is 13.7. The van der Waals surface area contributed by atoms with Crippen LogP contribution in [0.15, 0.2) is 22.7 Å². The van der Waals surface area contributed by atoms with Gasteiger partial charge < -0.3 is 9.47 Å². The Morgan fingerprint density at radius 2 is 2.12 bits per heavy atom. The molecule has 0 aromatic heterocycles. The SMILES string of the molecule is CC(CC1OCCO1)c1ccc(Br)cc1F. The molecule has 1 saturated heterocycles. The largest absolute Gasteiger partial charge is 0.350 e. The summed E-state index contributed by atoms with van der Waals surface area (Å²) in [5, 5.41) is 0. The molecule has 0 saturated carbocycles. The minimum absolute atomic E-state index is 0.0937. The summed E-state index contributed by atoms with van der Waals surface area (Å²) < 4.78 is 25.1. The Morgan fingerprint density at radius 3 is 2.75 bits per heavy atom. The zero-order chi connectivity index (χ0) is 11.5. The van der Waals surface area contributed by atoms with E-state index in [4.69, 9.17) is 9.47 Å². The molecule has 0 aliphatic carbocycles. The monoisotopic (exact) mass is 288 g/mol. The van der Waals surface area contributed by atoms with Crippen molar-refractivity contribution in [2.75, 3.05) is 13.2 Å². The predicted octanol–water partition coefficient (Wildman–Crippen LogP) is 3.45. The minimum Gasteiger partial charge on any atom is -0.350 e. The highest BCUT2D eigenvalue weighted by Gasteiger charge is 2.21. The van der Waals surface area contributed by atoms with Crippen LogP contribution in [0, 0.1) is 5.82 Å². The van der Waals surface area contributed by atoms with Crippen molar-refractivity contribution in [1.29, 1.82) is 0 Å². The van der Waals surface area contributed by atoms with Gasteiger partial charge in [0, 0.05) is 10.9 Å². The van der Waals surface area contributed by atoms with Crippen LogP contribution >= 0.6 is 15.9 Å². The fourth-order valence-electron chi connectivity index (χ4n) is 1.86. The second kappa shape index (κ2) is 5.25. The van der Waals surface area contributed by atoms with Gasteiger partial charge in [-0.25, -0.2) is 4.39 Å². The van der Waals surface area contributed by atoms with Crippen LogP contribution in [0.4, 0.5) is 4.39 Å². The smallest absolute Gasteiger partial charge is 0.158 e. The third kappa shape index (κ3) is 2.81. The van der Waals surface area contributed by atoms with E-state index in [9.17, 15) is 4.39 Å². The summed E-state index contributed by atoms with van der Waals surface area (Å²) in [5.74, 6) is -0.0870. The summed E-state index contributed by atoms with van der Waals surface area (Å²) in [5.41, 5.74) is 0.710. The number of rotatable bonds is 3. The molecule has 1 atom stereocenters. The molecule has 2 nitrogen and oxygen atoms in total. The molecule has 1 heterocycles. The Labute approximate surface area is 103 Å². The first-order chi connectivity index (χ1) is 7.66. The van der Waals surface area contributed by atoms with Gasteiger partial charge in [0.2, 0.25) is 0 Å². The Morgan fingerprint density at radius 1 is 1.44 bits per heavy atom. The van der Waals surface area contributed by atoms with Crippen molar-refractivity contribution >= 4 is 15.9 Å². The molecule has 2 rings (SSSR count). The Balaban J connectivity index is 2.04. The van der Waals surface area contributed by atoms with Crippen molar-refractivity contribution in [3.8, 4) is 0 Å².